The van der Waals surface area contributed by atoms with E-state index in [1.165, 1.54) is 6.33 Å². The molecule has 0 aliphatic heterocycles. The minimum absolute atomic E-state index is 0.116. The van der Waals surface area contributed by atoms with Gasteiger partial charge in [0.25, 0.3) is 0 Å². The van der Waals surface area contributed by atoms with Gasteiger partial charge in [-0.3, -0.25) is 0 Å². The molecule has 0 fully saturated rings. The molecule has 86 valence electrons. The third-order valence-electron chi connectivity index (χ3n) is 1.09. The summed E-state index contributed by atoms with van der Waals surface area (Å²) in [7, 11) is 0. The maximum absolute atomic E-state index is 8.15. The standard InChI is InChI=1S/C4H11NO2.C3HCl2N3/c6-3-1-5-2-4-7;4-2-6-1-7-3(5)8-2/h5-7H,1-4H2;1H. The molecule has 8 heteroatoms. The van der Waals surface area contributed by atoms with Gasteiger partial charge >= 0.3 is 0 Å². The van der Waals surface area contributed by atoms with Crippen LogP contribution in [0.5, 0.6) is 0 Å². The van der Waals surface area contributed by atoms with E-state index in [2.05, 4.69) is 20.3 Å². The summed E-state index contributed by atoms with van der Waals surface area (Å²) in [4.78, 5) is 10.5. The lowest BCUT2D eigenvalue weighted by atomic mass is 10.6. The molecule has 0 atom stereocenters. The average Bonchev–Trinajstić information content (AvgIpc) is 2.19. The first-order valence-electron chi connectivity index (χ1n) is 4.13. The zero-order chi connectivity index (χ0) is 11.5. The van der Waals surface area contributed by atoms with Crippen molar-refractivity contribution >= 4 is 23.2 Å². The Morgan fingerprint density at radius 2 is 1.53 bits per heavy atom. The van der Waals surface area contributed by atoms with Gasteiger partial charge in [0.1, 0.15) is 6.33 Å². The fourth-order valence-corrected chi connectivity index (χ4v) is 0.832. The zero-order valence-corrected chi connectivity index (χ0v) is 9.41. The Kier molecular flexibility index (Phi) is 9.65. The molecule has 0 radical (unpaired) electrons. The first-order valence-corrected chi connectivity index (χ1v) is 4.88. The smallest absolute Gasteiger partial charge is 0.226 e. The van der Waals surface area contributed by atoms with Crippen molar-refractivity contribution in [2.75, 3.05) is 26.3 Å². The monoisotopic (exact) mass is 254 g/mol. The second kappa shape index (κ2) is 10.0. The molecule has 6 nitrogen and oxygen atoms in total. The number of halogens is 2. The summed E-state index contributed by atoms with van der Waals surface area (Å²) in [5, 5.41) is 19.3. The first-order chi connectivity index (χ1) is 7.20. The van der Waals surface area contributed by atoms with Crippen molar-refractivity contribution in [3.63, 3.8) is 0 Å². The lowest BCUT2D eigenvalue weighted by Gasteiger charge is -1.94. The Morgan fingerprint density at radius 3 is 1.80 bits per heavy atom. The maximum atomic E-state index is 8.15. The maximum Gasteiger partial charge on any atom is 0.226 e. The number of aromatic nitrogens is 3. The molecular formula is C7H12Cl2N4O2. The van der Waals surface area contributed by atoms with Gasteiger partial charge in [0, 0.05) is 13.1 Å². The third kappa shape index (κ3) is 9.77. The molecule has 15 heavy (non-hydrogen) atoms. The lowest BCUT2D eigenvalue weighted by molar-refractivity contribution is 0.267. The topological polar surface area (TPSA) is 91.2 Å². The van der Waals surface area contributed by atoms with Crippen LogP contribution in [-0.2, 0) is 0 Å². The van der Waals surface area contributed by atoms with Gasteiger partial charge in [-0.25, -0.2) is 9.97 Å². The first kappa shape index (κ1) is 14.5. The van der Waals surface area contributed by atoms with Crippen LogP contribution in [0.2, 0.25) is 10.6 Å². The Bertz CT molecular complexity index is 243. The molecule has 3 N–H and O–H groups in total. The van der Waals surface area contributed by atoms with E-state index in [9.17, 15) is 0 Å². The lowest BCUT2D eigenvalue weighted by Crippen LogP contribution is -2.21. The minimum Gasteiger partial charge on any atom is -0.395 e. The molecule has 0 unspecified atom stereocenters. The van der Waals surface area contributed by atoms with Crippen molar-refractivity contribution in [2.24, 2.45) is 0 Å². The summed E-state index contributed by atoms with van der Waals surface area (Å²) >= 11 is 10.6. The molecule has 0 saturated heterocycles. The summed E-state index contributed by atoms with van der Waals surface area (Å²) in [5.74, 6) is 0. The van der Waals surface area contributed by atoms with Crippen LogP contribution in [0.4, 0.5) is 0 Å². The SMILES string of the molecule is Clc1ncnc(Cl)n1.OCCNCCO. The van der Waals surface area contributed by atoms with E-state index < -0.39 is 0 Å². The highest BCUT2D eigenvalue weighted by molar-refractivity contribution is 6.30. The fraction of sp³-hybridized carbons (Fsp3) is 0.571. The summed E-state index contributed by atoms with van der Waals surface area (Å²) in [6, 6.07) is 0. The molecule has 0 bridgehead atoms. The third-order valence-corrected chi connectivity index (χ3v) is 1.45. The minimum atomic E-state index is 0.116. The highest BCUT2D eigenvalue weighted by Gasteiger charge is 1.89. The van der Waals surface area contributed by atoms with Gasteiger partial charge in [-0.1, -0.05) is 0 Å². The summed E-state index contributed by atoms with van der Waals surface area (Å²) in [5.41, 5.74) is 0. The van der Waals surface area contributed by atoms with E-state index in [-0.39, 0.29) is 23.8 Å². The van der Waals surface area contributed by atoms with Crippen molar-refractivity contribution in [3.8, 4) is 0 Å². The molecular weight excluding hydrogens is 243 g/mol. The molecule has 1 rings (SSSR count). The van der Waals surface area contributed by atoms with Gasteiger partial charge in [-0.05, 0) is 23.2 Å². The van der Waals surface area contributed by atoms with Crippen molar-refractivity contribution in [2.45, 2.75) is 0 Å². The van der Waals surface area contributed by atoms with Gasteiger partial charge in [-0.2, -0.15) is 4.98 Å². The van der Waals surface area contributed by atoms with E-state index in [1.807, 2.05) is 0 Å². The number of aliphatic hydroxyl groups is 2. The molecule has 1 aromatic rings. The van der Waals surface area contributed by atoms with Gasteiger partial charge in [-0.15, -0.1) is 0 Å². The Labute approximate surface area is 97.3 Å². The van der Waals surface area contributed by atoms with E-state index in [0.717, 1.165) is 0 Å². The Morgan fingerprint density at radius 1 is 1.07 bits per heavy atom. The second-order valence-electron chi connectivity index (χ2n) is 2.22. The number of nitrogens with zero attached hydrogens (tertiary/aromatic N) is 3. The molecule has 0 aliphatic carbocycles. The molecule has 0 spiro atoms. The van der Waals surface area contributed by atoms with Gasteiger partial charge in [0.05, 0.1) is 13.2 Å². The fourth-order valence-electron chi connectivity index (χ4n) is 0.541. The van der Waals surface area contributed by atoms with Crippen LogP contribution in [0.15, 0.2) is 6.33 Å². The predicted molar refractivity (Wildman–Crippen MR) is 56.9 cm³/mol. The Balaban J connectivity index is 0.000000265. The van der Waals surface area contributed by atoms with Crippen LogP contribution < -0.4 is 5.32 Å². The van der Waals surface area contributed by atoms with Crippen molar-refractivity contribution in [1.29, 1.82) is 0 Å². The van der Waals surface area contributed by atoms with E-state index in [0.29, 0.717) is 13.1 Å². The molecule has 1 aromatic heterocycles. The number of aliphatic hydroxyl groups excluding tert-OH is 2. The summed E-state index contributed by atoms with van der Waals surface area (Å²) in [6.45, 7) is 1.42. The molecule has 0 aliphatic rings. The Hall–Kier alpha value is -0.530. The summed E-state index contributed by atoms with van der Waals surface area (Å²) < 4.78 is 0. The van der Waals surface area contributed by atoms with Crippen molar-refractivity contribution in [3.05, 3.63) is 16.9 Å². The average molecular weight is 255 g/mol. The molecule has 0 aromatic carbocycles. The van der Waals surface area contributed by atoms with Crippen molar-refractivity contribution in [1.82, 2.24) is 20.3 Å². The molecule has 0 amide bonds. The van der Waals surface area contributed by atoms with Crippen molar-refractivity contribution < 1.29 is 10.2 Å². The number of hydrogen-bond donors (Lipinski definition) is 3. The van der Waals surface area contributed by atoms with Crippen LogP contribution in [0.25, 0.3) is 0 Å². The van der Waals surface area contributed by atoms with Gasteiger partial charge in [0.15, 0.2) is 0 Å². The number of rotatable bonds is 4. The van der Waals surface area contributed by atoms with E-state index in [1.54, 1.807) is 0 Å². The highest BCUT2D eigenvalue weighted by Crippen LogP contribution is 2.00. The van der Waals surface area contributed by atoms with E-state index >= 15 is 0 Å². The van der Waals surface area contributed by atoms with Gasteiger partial charge < -0.3 is 15.5 Å². The predicted octanol–water partition coefficient (Wildman–Crippen LogP) is -0.261. The number of hydrogen-bond acceptors (Lipinski definition) is 6. The second-order valence-corrected chi connectivity index (χ2v) is 2.90. The van der Waals surface area contributed by atoms with Crippen LogP contribution >= 0.6 is 23.2 Å². The van der Waals surface area contributed by atoms with Crippen LogP contribution in [0.1, 0.15) is 0 Å². The number of nitrogens with one attached hydrogen (secondary N) is 1. The van der Waals surface area contributed by atoms with Crippen LogP contribution in [0, 0.1) is 0 Å². The quantitative estimate of drug-likeness (QED) is 0.642. The zero-order valence-electron chi connectivity index (χ0n) is 7.90. The van der Waals surface area contributed by atoms with Gasteiger partial charge in [0.2, 0.25) is 10.6 Å². The highest BCUT2D eigenvalue weighted by atomic mass is 35.5. The van der Waals surface area contributed by atoms with Crippen LogP contribution in [-0.4, -0.2) is 51.5 Å². The molecule has 1 heterocycles. The molecule has 0 saturated carbocycles. The van der Waals surface area contributed by atoms with Crippen LogP contribution in [0.3, 0.4) is 0 Å². The van der Waals surface area contributed by atoms with E-state index in [4.69, 9.17) is 33.4 Å². The normalized spacial score (nSPS) is 9.33. The largest absolute Gasteiger partial charge is 0.395 e. The summed E-state index contributed by atoms with van der Waals surface area (Å²) in [6.07, 6.45) is 1.25.